The van der Waals surface area contributed by atoms with Crippen molar-refractivity contribution in [2.75, 3.05) is 13.1 Å². The Labute approximate surface area is 126 Å². The molecule has 4 nitrogen and oxygen atoms in total. The van der Waals surface area contributed by atoms with E-state index in [4.69, 9.17) is 5.21 Å². The van der Waals surface area contributed by atoms with E-state index in [-0.39, 0.29) is 24.0 Å². The smallest absolute Gasteiger partial charge is 0.411 e. The molecule has 1 heterocycles. The van der Waals surface area contributed by atoms with Gasteiger partial charge in [0.2, 0.25) is 0 Å². The zero-order chi connectivity index (χ0) is 17.3. The van der Waals surface area contributed by atoms with Gasteiger partial charge in [-0.15, -0.1) is 0 Å². The Morgan fingerprint density at radius 1 is 1.09 bits per heavy atom. The van der Waals surface area contributed by atoms with Crippen LogP contribution in [-0.4, -0.2) is 35.2 Å². The second-order valence-electron chi connectivity index (χ2n) is 4.82. The first-order chi connectivity index (χ1) is 10.6. The molecular formula is C13H11F6N3O. The van der Waals surface area contributed by atoms with E-state index in [1.165, 1.54) is 4.90 Å². The summed E-state index contributed by atoms with van der Waals surface area (Å²) in [5.41, 5.74) is -2.89. The Kier molecular flexibility index (Phi) is 4.53. The molecule has 23 heavy (non-hydrogen) atoms. The van der Waals surface area contributed by atoms with Gasteiger partial charge in [0.1, 0.15) is 12.1 Å². The molecule has 0 aromatic heterocycles. The minimum absolute atomic E-state index is 0.0810. The highest BCUT2D eigenvalue weighted by Crippen LogP contribution is 2.36. The van der Waals surface area contributed by atoms with Gasteiger partial charge in [-0.1, -0.05) is 5.16 Å². The summed E-state index contributed by atoms with van der Waals surface area (Å²) in [6.07, 6.45) is -8.79. The summed E-state index contributed by atoms with van der Waals surface area (Å²) in [6, 6.07) is 1.42. The largest absolute Gasteiger partial charge is 0.416 e. The standard InChI is InChI=1S/C13H11F6N3O/c14-12(15,16)9-3-8(4-10(5-9)13(17,18)19)7-22-2-1-20-11(22)6-21-23/h3-6,23H,1-2,7H2/b21-6+. The Balaban J connectivity index is 2.36. The number of amidine groups is 1. The molecule has 0 unspecified atom stereocenters. The molecule has 0 atom stereocenters. The minimum atomic E-state index is -4.88. The maximum atomic E-state index is 12.8. The van der Waals surface area contributed by atoms with Crippen LogP contribution in [0.4, 0.5) is 26.3 Å². The van der Waals surface area contributed by atoms with E-state index in [2.05, 4.69) is 10.1 Å². The number of oxime groups is 1. The lowest BCUT2D eigenvalue weighted by Crippen LogP contribution is -2.28. The van der Waals surface area contributed by atoms with Crippen molar-refractivity contribution in [3.05, 3.63) is 34.9 Å². The molecule has 1 aromatic carbocycles. The van der Waals surface area contributed by atoms with Crippen LogP contribution in [0.3, 0.4) is 0 Å². The molecule has 0 saturated heterocycles. The molecule has 126 valence electrons. The molecule has 0 spiro atoms. The molecule has 0 amide bonds. The van der Waals surface area contributed by atoms with Crippen LogP contribution < -0.4 is 0 Å². The van der Waals surface area contributed by atoms with Crippen molar-refractivity contribution in [2.45, 2.75) is 18.9 Å². The van der Waals surface area contributed by atoms with Gasteiger partial charge in [-0.05, 0) is 23.8 Å². The number of halogens is 6. The van der Waals surface area contributed by atoms with E-state index < -0.39 is 23.5 Å². The molecule has 0 aliphatic carbocycles. The molecule has 0 saturated carbocycles. The Hall–Kier alpha value is -2.26. The average molecular weight is 339 g/mol. The van der Waals surface area contributed by atoms with Crippen LogP contribution in [0.1, 0.15) is 16.7 Å². The number of benzene rings is 1. The molecule has 0 bridgehead atoms. The molecule has 1 aliphatic heterocycles. The molecule has 1 aromatic rings. The maximum absolute atomic E-state index is 12.8. The predicted molar refractivity (Wildman–Crippen MR) is 69.4 cm³/mol. The third kappa shape index (κ3) is 4.14. The highest BCUT2D eigenvalue weighted by atomic mass is 19.4. The maximum Gasteiger partial charge on any atom is 0.416 e. The lowest BCUT2D eigenvalue weighted by Gasteiger charge is -2.20. The van der Waals surface area contributed by atoms with Crippen LogP contribution in [0, 0.1) is 0 Å². The fraction of sp³-hybridized carbons (Fsp3) is 0.385. The fourth-order valence-corrected chi connectivity index (χ4v) is 2.16. The van der Waals surface area contributed by atoms with E-state index >= 15 is 0 Å². The van der Waals surface area contributed by atoms with Crippen LogP contribution in [0.2, 0.25) is 0 Å². The van der Waals surface area contributed by atoms with Gasteiger partial charge in [0, 0.05) is 13.1 Å². The Morgan fingerprint density at radius 2 is 1.65 bits per heavy atom. The lowest BCUT2D eigenvalue weighted by atomic mass is 10.0. The fourth-order valence-electron chi connectivity index (χ4n) is 2.16. The van der Waals surface area contributed by atoms with E-state index in [0.717, 1.165) is 6.21 Å². The summed E-state index contributed by atoms with van der Waals surface area (Å²) < 4.78 is 76.7. The molecule has 10 heteroatoms. The van der Waals surface area contributed by atoms with Crippen molar-refractivity contribution in [3.8, 4) is 0 Å². The number of alkyl halides is 6. The van der Waals surface area contributed by atoms with Crippen molar-refractivity contribution in [2.24, 2.45) is 10.1 Å². The quantitative estimate of drug-likeness (QED) is 0.397. The van der Waals surface area contributed by atoms with Gasteiger partial charge < -0.3 is 10.1 Å². The molecular weight excluding hydrogens is 328 g/mol. The van der Waals surface area contributed by atoms with Gasteiger partial charge in [-0.3, -0.25) is 4.99 Å². The van der Waals surface area contributed by atoms with Gasteiger partial charge in [-0.2, -0.15) is 26.3 Å². The van der Waals surface area contributed by atoms with Crippen LogP contribution in [-0.2, 0) is 18.9 Å². The van der Waals surface area contributed by atoms with E-state index in [9.17, 15) is 26.3 Å². The summed E-state index contributed by atoms with van der Waals surface area (Å²) >= 11 is 0. The second kappa shape index (κ2) is 6.09. The average Bonchev–Trinajstić information content (AvgIpc) is 2.84. The van der Waals surface area contributed by atoms with E-state index in [0.29, 0.717) is 25.2 Å². The van der Waals surface area contributed by atoms with E-state index in [1.54, 1.807) is 0 Å². The van der Waals surface area contributed by atoms with Gasteiger partial charge in [0.25, 0.3) is 0 Å². The minimum Gasteiger partial charge on any atom is -0.411 e. The highest BCUT2D eigenvalue weighted by molar-refractivity contribution is 6.29. The first-order valence-electron chi connectivity index (χ1n) is 6.36. The SMILES string of the molecule is O/N=C/C1=NCCN1Cc1cc(C(F)(F)F)cc(C(F)(F)F)c1. The first-order valence-corrected chi connectivity index (χ1v) is 6.36. The normalized spacial score (nSPS) is 16.3. The summed E-state index contributed by atoms with van der Waals surface area (Å²) in [5.74, 6) is 0.193. The topological polar surface area (TPSA) is 48.2 Å². The van der Waals surface area contributed by atoms with Crippen LogP contribution in [0.25, 0.3) is 0 Å². The number of nitrogens with zero attached hydrogens (tertiary/aromatic N) is 3. The van der Waals surface area contributed by atoms with Crippen molar-refractivity contribution in [1.82, 2.24) is 4.90 Å². The zero-order valence-electron chi connectivity index (χ0n) is 11.5. The summed E-state index contributed by atoms with van der Waals surface area (Å²) in [7, 11) is 0. The third-order valence-corrected chi connectivity index (χ3v) is 3.16. The Bertz CT molecular complexity index is 603. The predicted octanol–water partition coefficient (Wildman–Crippen LogP) is 3.40. The van der Waals surface area contributed by atoms with Crippen LogP contribution in [0.15, 0.2) is 28.3 Å². The first kappa shape index (κ1) is 17.1. The van der Waals surface area contributed by atoms with Gasteiger partial charge >= 0.3 is 12.4 Å². The van der Waals surface area contributed by atoms with Crippen molar-refractivity contribution in [3.63, 3.8) is 0 Å². The second-order valence-corrected chi connectivity index (χ2v) is 4.82. The monoisotopic (exact) mass is 339 g/mol. The number of hydrogen-bond donors (Lipinski definition) is 1. The van der Waals surface area contributed by atoms with Gasteiger partial charge in [0.15, 0.2) is 0 Å². The van der Waals surface area contributed by atoms with Crippen molar-refractivity contribution < 1.29 is 31.5 Å². The van der Waals surface area contributed by atoms with Crippen molar-refractivity contribution in [1.29, 1.82) is 0 Å². The van der Waals surface area contributed by atoms with Crippen molar-refractivity contribution >= 4 is 12.1 Å². The zero-order valence-corrected chi connectivity index (χ0v) is 11.5. The van der Waals surface area contributed by atoms with Crippen LogP contribution in [0.5, 0.6) is 0 Å². The highest BCUT2D eigenvalue weighted by Gasteiger charge is 2.37. The number of hydrogen-bond acceptors (Lipinski definition) is 4. The van der Waals surface area contributed by atoms with Gasteiger partial charge in [-0.25, -0.2) is 0 Å². The third-order valence-electron chi connectivity index (χ3n) is 3.16. The molecule has 2 rings (SSSR count). The van der Waals surface area contributed by atoms with Gasteiger partial charge in [0.05, 0.1) is 17.7 Å². The van der Waals surface area contributed by atoms with E-state index in [1.807, 2.05) is 0 Å². The molecule has 1 aliphatic rings. The Morgan fingerprint density at radius 3 is 2.13 bits per heavy atom. The molecule has 0 fully saturated rings. The lowest BCUT2D eigenvalue weighted by molar-refractivity contribution is -0.143. The number of aliphatic imine (C=N–C) groups is 1. The molecule has 1 N–H and O–H groups in total. The van der Waals surface area contributed by atoms with Crippen LogP contribution >= 0.6 is 0 Å². The summed E-state index contributed by atoms with van der Waals surface area (Å²) in [5, 5.41) is 11.2. The number of rotatable bonds is 3. The summed E-state index contributed by atoms with van der Waals surface area (Å²) in [4.78, 5) is 5.36. The summed E-state index contributed by atoms with van der Waals surface area (Å²) in [6.45, 7) is 0.406. The molecule has 0 radical (unpaired) electrons.